The van der Waals surface area contributed by atoms with Gasteiger partial charge in [0.2, 0.25) is 10.0 Å². The van der Waals surface area contributed by atoms with Gasteiger partial charge >= 0.3 is 0 Å². The lowest BCUT2D eigenvalue weighted by atomic mass is 10.2. The molecule has 30 heavy (non-hydrogen) atoms. The molecule has 1 aromatic heterocycles. The van der Waals surface area contributed by atoms with E-state index < -0.39 is 10.0 Å². The van der Waals surface area contributed by atoms with Crippen molar-refractivity contribution in [2.75, 3.05) is 14.2 Å². The van der Waals surface area contributed by atoms with Gasteiger partial charge in [0.1, 0.15) is 10.6 Å². The number of carbonyl (C=O) groups excluding carboxylic acids is 1. The molecular weight excluding hydrogens is 444 g/mol. The number of nitrogens with zero attached hydrogens (tertiary/aromatic N) is 1. The standard InChI is InChI=1S/C21H21ClN2O4S2/c1-24(14-18-4-3-11-29-18)21(25)16-7-10-19(28-2)20(12-16)30(26,27)23-13-15-5-8-17(22)9-6-15/h3-12,23H,13-14H2,1-2H3. The molecule has 9 heteroatoms. The summed E-state index contributed by atoms with van der Waals surface area (Å²) in [6.45, 7) is 0.526. The Morgan fingerprint density at radius 1 is 1.17 bits per heavy atom. The van der Waals surface area contributed by atoms with Gasteiger partial charge in [-0.2, -0.15) is 0 Å². The summed E-state index contributed by atoms with van der Waals surface area (Å²) in [7, 11) is -0.853. The van der Waals surface area contributed by atoms with Crippen LogP contribution in [0, 0.1) is 0 Å². The van der Waals surface area contributed by atoms with Gasteiger partial charge in [-0.05, 0) is 47.3 Å². The average Bonchev–Trinajstić information content (AvgIpc) is 3.25. The summed E-state index contributed by atoms with van der Waals surface area (Å²) in [5, 5.41) is 2.51. The van der Waals surface area contributed by atoms with Crippen LogP contribution in [0.1, 0.15) is 20.8 Å². The van der Waals surface area contributed by atoms with Crippen molar-refractivity contribution in [3.8, 4) is 5.75 Å². The van der Waals surface area contributed by atoms with Gasteiger partial charge < -0.3 is 9.64 Å². The van der Waals surface area contributed by atoms with Crippen LogP contribution < -0.4 is 9.46 Å². The summed E-state index contributed by atoms with van der Waals surface area (Å²) < 4.78 is 33.6. The third-order valence-corrected chi connectivity index (χ3v) is 6.94. The molecule has 0 fully saturated rings. The molecule has 0 radical (unpaired) electrons. The molecule has 0 saturated carbocycles. The number of nitrogens with one attached hydrogen (secondary N) is 1. The molecule has 1 heterocycles. The minimum Gasteiger partial charge on any atom is -0.495 e. The first-order valence-electron chi connectivity index (χ1n) is 9.00. The molecule has 0 unspecified atom stereocenters. The van der Waals surface area contributed by atoms with E-state index in [2.05, 4.69) is 4.72 Å². The first-order chi connectivity index (χ1) is 14.3. The highest BCUT2D eigenvalue weighted by Gasteiger charge is 2.23. The normalized spacial score (nSPS) is 11.3. The molecule has 0 aliphatic rings. The Kier molecular flexibility index (Phi) is 7.14. The van der Waals surface area contributed by atoms with Gasteiger partial charge in [-0.3, -0.25) is 4.79 Å². The highest BCUT2D eigenvalue weighted by Crippen LogP contribution is 2.26. The molecule has 0 bridgehead atoms. The summed E-state index contributed by atoms with van der Waals surface area (Å²) in [6, 6.07) is 15.1. The summed E-state index contributed by atoms with van der Waals surface area (Å²) in [5.74, 6) is -0.115. The molecule has 6 nitrogen and oxygen atoms in total. The van der Waals surface area contributed by atoms with E-state index in [0.717, 1.165) is 10.4 Å². The quantitative estimate of drug-likeness (QED) is 0.543. The third kappa shape index (κ3) is 5.40. The Morgan fingerprint density at radius 2 is 1.90 bits per heavy atom. The van der Waals surface area contributed by atoms with E-state index in [1.165, 1.54) is 19.2 Å². The number of amides is 1. The van der Waals surface area contributed by atoms with E-state index in [9.17, 15) is 13.2 Å². The van der Waals surface area contributed by atoms with Gasteiger partial charge in [0.05, 0.1) is 13.7 Å². The van der Waals surface area contributed by atoms with Crippen molar-refractivity contribution in [1.82, 2.24) is 9.62 Å². The molecule has 3 rings (SSSR count). The number of halogens is 1. The van der Waals surface area contributed by atoms with Crippen LogP contribution in [-0.2, 0) is 23.1 Å². The van der Waals surface area contributed by atoms with Crippen LogP contribution in [0.25, 0.3) is 0 Å². The number of sulfonamides is 1. The van der Waals surface area contributed by atoms with E-state index in [-0.39, 0.29) is 28.7 Å². The summed E-state index contributed by atoms with van der Waals surface area (Å²) in [5.41, 5.74) is 1.02. The second kappa shape index (κ2) is 9.61. The Labute approximate surface area is 185 Å². The molecule has 1 N–H and O–H groups in total. The molecule has 2 aromatic carbocycles. The second-order valence-electron chi connectivity index (χ2n) is 6.56. The van der Waals surface area contributed by atoms with E-state index in [0.29, 0.717) is 11.6 Å². The van der Waals surface area contributed by atoms with Crippen LogP contribution in [-0.4, -0.2) is 33.4 Å². The van der Waals surface area contributed by atoms with Crippen molar-refractivity contribution < 1.29 is 17.9 Å². The van der Waals surface area contributed by atoms with Crippen LogP contribution in [0.3, 0.4) is 0 Å². The van der Waals surface area contributed by atoms with E-state index in [1.54, 1.807) is 53.6 Å². The maximum Gasteiger partial charge on any atom is 0.253 e. The maximum absolute atomic E-state index is 12.9. The summed E-state index contributed by atoms with van der Waals surface area (Å²) in [4.78, 5) is 15.3. The van der Waals surface area contributed by atoms with Crippen LogP contribution in [0.15, 0.2) is 64.9 Å². The van der Waals surface area contributed by atoms with Gasteiger partial charge in [0.25, 0.3) is 5.91 Å². The molecule has 0 spiro atoms. The number of carbonyl (C=O) groups is 1. The number of hydrogen-bond acceptors (Lipinski definition) is 5. The minimum atomic E-state index is -3.92. The number of rotatable bonds is 8. The second-order valence-corrected chi connectivity index (χ2v) is 9.76. The first-order valence-corrected chi connectivity index (χ1v) is 11.7. The van der Waals surface area contributed by atoms with Crippen LogP contribution in [0.4, 0.5) is 0 Å². The fourth-order valence-electron chi connectivity index (χ4n) is 2.81. The number of thiophene rings is 1. The van der Waals surface area contributed by atoms with Crippen LogP contribution >= 0.6 is 22.9 Å². The summed E-state index contributed by atoms with van der Waals surface area (Å²) in [6.07, 6.45) is 0. The van der Waals surface area contributed by atoms with Crippen molar-refractivity contribution in [2.24, 2.45) is 0 Å². The molecule has 0 aliphatic heterocycles. The van der Waals surface area contributed by atoms with E-state index in [1.807, 2.05) is 17.5 Å². The Balaban J connectivity index is 1.82. The Bertz CT molecular complexity index is 1110. The highest BCUT2D eigenvalue weighted by atomic mass is 35.5. The fraction of sp³-hybridized carbons (Fsp3) is 0.190. The molecule has 3 aromatic rings. The maximum atomic E-state index is 12.9. The zero-order valence-corrected chi connectivity index (χ0v) is 18.9. The first kappa shape index (κ1) is 22.3. The Hall–Kier alpha value is -2.39. The molecule has 0 saturated heterocycles. The molecule has 1 amide bonds. The largest absolute Gasteiger partial charge is 0.495 e. The lowest BCUT2D eigenvalue weighted by Gasteiger charge is -2.18. The number of methoxy groups -OCH3 is 1. The zero-order chi connectivity index (χ0) is 21.7. The number of hydrogen-bond donors (Lipinski definition) is 1. The topological polar surface area (TPSA) is 75.7 Å². The molecule has 158 valence electrons. The molecule has 0 aliphatic carbocycles. The van der Waals surface area contributed by atoms with Gasteiger partial charge in [0, 0.05) is 29.1 Å². The Morgan fingerprint density at radius 3 is 2.53 bits per heavy atom. The predicted octanol–water partition coefficient (Wildman–Crippen LogP) is 4.16. The van der Waals surface area contributed by atoms with Gasteiger partial charge in [-0.15, -0.1) is 11.3 Å². The third-order valence-electron chi connectivity index (χ3n) is 4.40. The molecule has 0 atom stereocenters. The van der Waals surface area contributed by atoms with Crippen molar-refractivity contribution in [2.45, 2.75) is 18.0 Å². The lowest BCUT2D eigenvalue weighted by Crippen LogP contribution is -2.27. The van der Waals surface area contributed by atoms with Crippen LogP contribution in [0.2, 0.25) is 5.02 Å². The van der Waals surface area contributed by atoms with Crippen molar-refractivity contribution >= 4 is 38.9 Å². The van der Waals surface area contributed by atoms with E-state index >= 15 is 0 Å². The van der Waals surface area contributed by atoms with Gasteiger partial charge in [0.15, 0.2) is 0 Å². The number of benzene rings is 2. The zero-order valence-electron chi connectivity index (χ0n) is 16.5. The van der Waals surface area contributed by atoms with Crippen LogP contribution in [0.5, 0.6) is 5.75 Å². The van der Waals surface area contributed by atoms with Crippen molar-refractivity contribution in [1.29, 1.82) is 0 Å². The van der Waals surface area contributed by atoms with E-state index in [4.69, 9.17) is 16.3 Å². The van der Waals surface area contributed by atoms with Gasteiger partial charge in [-0.25, -0.2) is 13.1 Å². The lowest BCUT2D eigenvalue weighted by molar-refractivity contribution is 0.0786. The smallest absolute Gasteiger partial charge is 0.253 e. The van der Waals surface area contributed by atoms with Crippen molar-refractivity contribution in [3.63, 3.8) is 0 Å². The van der Waals surface area contributed by atoms with Crippen molar-refractivity contribution in [3.05, 3.63) is 81.0 Å². The number of ether oxygens (including phenoxy) is 1. The molecular formula is C21H21ClN2O4S2. The predicted molar refractivity (Wildman–Crippen MR) is 119 cm³/mol. The monoisotopic (exact) mass is 464 g/mol. The fourth-order valence-corrected chi connectivity index (χ4v) is 4.90. The average molecular weight is 465 g/mol. The van der Waals surface area contributed by atoms with Gasteiger partial charge in [-0.1, -0.05) is 29.8 Å². The minimum absolute atomic E-state index is 0.0825. The summed E-state index contributed by atoms with van der Waals surface area (Å²) >= 11 is 7.42. The SMILES string of the molecule is COc1ccc(C(=O)N(C)Cc2cccs2)cc1S(=O)(=O)NCc1ccc(Cl)cc1. The highest BCUT2D eigenvalue weighted by molar-refractivity contribution is 7.89.